The fraction of sp³-hybridized carbons (Fsp3) is 0.327. The molecule has 0 saturated carbocycles. The van der Waals surface area contributed by atoms with Gasteiger partial charge in [0.2, 0.25) is 0 Å². The molecule has 0 bridgehead atoms. The Bertz CT molecular complexity index is 2740. The van der Waals surface area contributed by atoms with Crippen LogP contribution in [0.1, 0.15) is 63.5 Å². The molecular weight excluding hydrogens is 867 g/mol. The van der Waals surface area contributed by atoms with Gasteiger partial charge in [-0.2, -0.15) is 4.98 Å². The summed E-state index contributed by atoms with van der Waals surface area (Å²) >= 11 is 1.46. The number of carbonyl (C=O) groups is 1. The van der Waals surface area contributed by atoms with E-state index < -0.39 is 59.2 Å². The zero-order chi connectivity index (χ0) is 46.4. The number of aromatic amines is 1. The standard InChI is InChI=1S/C49H51N5O11S/c1-30-25-53(47(58)51-44(30)50-46(57)32-11-7-5-8-12-32)42-23-38(55)39(64-42)27-62-29-66-41-24-43(54-26-31(2)45(56)52-48(54)59)65-40(41)28-63-49(33-13-9-6-10-14-33,34-15-19-36(60-3)20-16-34)35-17-21-37(61-4)22-18-35/h5-22,25-26,38-43,55H,23-24,27-29H2,1-4H3,(H,52,56,59)(H,50,51,57,58)/t38-,39+,40+,41-,42+,43+/m0/s1. The van der Waals surface area contributed by atoms with Crippen molar-refractivity contribution >= 4 is 23.5 Å². The van der Waals surface area contributed by atoms with Crippen LogP contribution < -0.4 is 31.7 Å². The predicted octanol–water partition coefficient (Wildman–Crippen LogP) is 5.70. The zero-order valence-electron chi connectivity index (χ0n) is 36.8. The van der Waals surface area contributed by atoms with Crippen LogP contribution in [0.15, 0.2) is 136 Å². The van der Waals surface area contributed by atoms with Gasteiger partial charge < -0.3 is 38.8 Å². The van der Waals surface area contributed by atoms with Gasteiger partial charge in [-0.25, -0.2) is 9.59 Å². The fourth-order valence-electron chi connectivity index (χ4n) is 8.28. The molecule has 8 rings (SSSR count). The van der Waals surface area contributed by atoms with Crippen molar-refractivity contribution in [2.45, 2.75) is 68.3 Å². The normalized spacial score (nSPS) is 20.6. The molecule has 6 atom stereocenters. The molecule has 3 N–H and O–H groups in total. The topological polar surface area (TPSA) is 194 Å². The van der Waals surface area contributed by atoms with Crippen molar-refractivity contribution in [3.8, 4) is 11.5 Å². The maximum atomic E-state index is 13.2. The van der Waals surface area contributed by atoms with E-state index in [1.165, 1.54) is 27.1 Å². The number of aromatic nitrogens is 4. The molecule has 4 heterocycles. The summed E-state index contributed by atoms with van der Waals surface area (Å²) in [4.78, 5) is 57.9. The second-order valence-corrected chi connectivity index (χ2v) is 17.2. The minimum atomic E-state index is -1.14. The highest BCUT2D eigenvalue weighted by molar-refractivity contribution is 7.99. The molecule has 2 saturated heterocycles. The van der Waals surface area contributed by atoms with Crippen LogP contribution in [-0.2, 0) is 24.5 Å². The summed E-state index contributed by atoms with van der Waals surface area (Å²) in [5, 5.41) is 13.5. The van der Waals surface area contributed by atoms with Gasteiger partial charge in [0, 0.05) is 47.2 Å². The van der Waals surface area contributed by atoms with E-state index >= 15 is 0 Å². The number of methoxy groups -OCH3 is 2. The number of aryl methyl sites for hydroxylation is 2. The fourth-order valence-corrected chi connectivity index (χ4v) is 9.31. The monoisotopic (exact) mass is 917 g/mol. The number of aliphatic hydroxyl groups excluding tert-OH is 1. The van der Waals surface area contributed by atoms with Crippen molar-refractivity contribution in [1.29, 1.82) is 0 Å². The molecule has 0 aliphatic carbocycles. The second kappa shape index (κ2) is 20.4. The van der Waals surface area contributed by atoms with Gasteiger partial charge in [-0.3, -0.25) is 23.7 Å². The summed E-state index contributed by atoms with van der Waals surface area (Å²) in [7, 11) is 3.23. The van der Waals surface area contributed by atoms with Crippen LogP contribution in [-0.4, -0.2) is 87.0 Å². The van der Waals surface area contributed by atoms with E-state index in [1.54, 1.807) is 64.6 Å². The lowest BCUT2D eigenvalue weighted by atomic mass is 9.80. The van der Waals surface area contributed by atoms with E-state index in [0.29, 0.717) is 34.6 Å². The summed E-state index contributed by atoms with van der Waals surface area (Å²) in [6.45, 7) is 3.43. The minimum absolute atomic E-state index is 0.0137. The predicted molar refractivity (Wildman–Crippen MR) is 247 cm³/mol. The Morgan fingerprint density at radius 1 is 0.773 bits per heavy atom. The molecule has 1 amide bonds. The van der Waals surface area contributed by atoms with Crippen molar-refractivity contribution < 1.29 is 38.3 Å². The number of benzene rings is 4. The first-order valence-electron chi connectivity index (χ1n) is 21.4. The summed E-state index contributed by atoms with van der Waals surface area (Å²) in [6.07, 6.45) is -0.280. The van der Waals surface area contributed by atoms with E-state index in [1.807, 2.05) is 78.9 Å². The molecule has 0 spiro atoms. The molecule has 66 heavy (non-hydrogen) atoms. The Morgan fingerprint density at radius 2 is 1.35 bits per heavy atom. The van der Waals surface area contributed by atoms with Crippen LogP contribution in [0.2, 0.25) is 0 Å². The number of rotatable bonds is 17. The highest BCUT2D eigenvalue weighted by Crippen LogP contribution is 2.44. The minimum Gasteiger partial charge on any atom is -0.497 e. The smallest absolute Gasteiger partial charge is 0.351 e. The number of aliphatic hydroxyl groups is 1. The van der Waals surface area contributed by atoms with Crippen LogP contribution >= 0.6 is 11.8 Å². The van der Waals surface area contributed by atoms with Gasteiger partial charge in [0.15, 0.2) is 0 Å². The van der Waals surface area contributed by atoms with E-state index in [9.17, 15) is 24.3 Å². The number of anilines is 1. The van der Waals surface area contributed by atoms with Crippen molar-refractivity contribution in [2.24, 2.45) is 0 Å². The first-order valence-corrected chi connectivity index (χ1v) is 22.5. The lowest BCUT2D eigenvalue weighted by Gasteiger charge is -2.37. The third kappa shape index (κ3) is 9.91. The number of nitrogens with one attached hydrogen (secondary N) is 2. The molecule has 2 aromatic heterocycles. The molecule has 2 aliphatic rings. The number of nitrogens with zero attached hydrogens (tertiary/aromatic N) is 3. The first kappa shape index (κ1) is 46.2. The number of H-pyrrole nitrogens is 1. The van der Waals surface area contributed by atoms with Crippen molar-refractivity contribution in [2.75, 3.05) is 38.7 Å². The first-order chi connectivity index (χ1) is 32.0. The Hall–Kier alpha value is -6.34. The molecule has 6 aromatic rings. The highest BCUT2D eigenvalue weighted by atomic mass is 32.2. The van der Waals surface area contributed by atoms with Gasteiger partial charge in [0.05, 0.1) is 45.6 Å². The lowest BCUT2D eigenvalue weighted by Crippen LogP contribution is -2.38. The molecule has 344 valence electrons. The Labute approximate surface area is 384 Å². The van der Waals surface area contributed by atoms with Crippen LogP contribution in [0.5, 0.6) is 11.5 Å². The maximum Gasteiger partial charge on any atom is 0.351 e. The molecule has 2 fully saturated rings. The highest BCUT2D eigenvalue weighted by Gasteiger charge is 2.43. The SMILES string of the molecule is COc1ccc(C(OC[C@H]2O[C@@H](n3cc(C)c(=O)[nH]c3=O)C[C@@H]2SCOC[C@H]2O[C@@H](n3cc(C)c(NC(=O)c4ccccc4)nc3=O)C[C@@H]2O)(c2ccccc2)c2ccc(OC)cc2)cc1. The molecular formula is C49H51N5O11S. The molecule has 0 radical (unpaired) electrons. The van der Waals surface area contributed by atoms with Crippen LogP contribution in [0.4, 0.5) is 5.82 Å². The number of hydrogen-bond donors (Lipinski definition) is 3. The molecule has 2 aliphatic heterocycles. The Morgan fingerprint density at radius 3 is 1.98 bits per heavy atom. The summed E-state index contributed by atoms with van der Waals surface area (Å²) < 4.78 is 39.9. The number of hydrogen-bond acceptors (Lipinski definition) is 13. The number of ether oxygens (including phenoxy) is 6. The quantitative estimate of drug-likeness (QED) is 0.0574. The Kier molecular flexibility index (Phi) is 14.3. The average Bonchev–Trinajstić information content (AvgIpc) is 3.93. The van der Waals surface area contributed by atoms with E-state index in [2.05, 4.69) is 15.3 Å². The van der Waals surface area contributed by atoms with Gasteiger partial charge in [-0.05, 0) is 66.9 Å². The largest absolute Gasteiger partial charge is 0.497 e. The van der Waals surface area contributed by atoms with Crippen LogP contribution in [0.3, 0.4) is 0 Å². The number of amides is 1. The molecule has 16 nitrogen and oxygen atoms in total. The molecule has 0 unspecified atom stereocenters. The van der Waals surface area contributed by atoms with Gasteiger partial charge in [0.25, 0.3) is 11.5 Å². The molecule has 17 heteroatoms. The van der Waals surface area contributed by atoms with Gasteiger partial charge >= 0.3 is 11.4 Å². The van der Waals surface area contributed by atoms with E-state index in [-0.39, 0.29) is 36.6 Å². The number of carbonyl (C=O) groups excluding carboxylic acids is 1. The van der Waals surface area contributed by atoms with Gasteiger partial charge in [0.1, 0.15) is 41.5 Å². The van der Waals surface area contributed by atoms with E-state index in [4.69, 9.17) is 28.4 Å². The van der Waals surface area contributed by atoms with Crippen molar-refractivity contribution in [3.63, 3.8) is 0 Å². The third-order valence-electron chi connectivity index (χ3n) is 11.8. The average molecular weight is 918 g/mol. The summed E-state index contributed by atoms with van der Waals surface area (Å²) in [6, 6.07) is 33.9. The lowest BCUT2D eigenvalue weighted by molar-refractivity contribution is -0.0767. The van der Waals surface area contributed by atoms with E-state index in [0.717, 1.165) is 16.7 Å². The Balaban J connectivity index is 0.994. The van der Waals surface area contributed by atoms with Crippen LogP contribution in [0, 0.1) is 13.8 Å². The summed E-state index contributed by atoms with van der Waals surface area (Å²) in [5.41, 5.74) is 1.01. The number of thioether (sulfide) groups is 1. The maximum absolute atomic E-state index is 13.2. The third-order valence-corrected chi connectivity index (χ3v) is 13.1. The van der Waals surface area contributed by atoms with Gasteiger partial charge in [-0.1, -0.05) is 72.8 Å². The van der Waals surface area contributed by atoms with Crippen LogP contribution in [0.25, 0.3) is 0 Å². The van der Waals surface area contributed by atoms with Crippen molar-refractivity contribution in [1.82, 2.24) is 19.1 Å². The summed E-state index contributed by atoms with van der Waals surface area (Å²) in [5.74, 6) is 1.26. The zero-order valence-corrected chi connectivity index (χ0v) is 37.6. The van der Waals surface area contributed by atoms with Crippen molar-refractivity contribution in [3.05, 3.63) is 186 Å². The second-order valence-electron chi connectivity index (χ2n) is 16.1. The molecule has 4 aromatic carbocycles. The van der Waals surface area contributed by atoms with Gasteiger partial charge in [-0.15, -0.1) is 11.8 Å².